The first-order valence-electron chi connectivity index (χ1n) is 9.60. The number of rotatable bonds is 7. The normalized spacial score (nSPS) is 11.4. The van der Waals surface area contributed by atoms with Gasteiger partial charge in [0.25, 0.3) is 11.8 Å². The number of benzene rings is 2. The molecule has 3 N–H and O–H groups in total. The van der Waals surface area contributed by atoms with Crippen LogP contribution in [0.4, 0.5) is 11.4 Å². The monoisotopic (exact) mass is 405 g/mol. The van der Waals surface area contributed by atoms with Gasteiger partial charge in [0.15, 0.2) is 5.76 Å². The summed E-state index contributed by atoms with van der Waals surface area (Å²) in [6.45, 7) is 3.77. The van der Waals surface area contributed by atoms with Crippen molar-refractivity contribution >= 4 is 29.1 Å². The van der Waals surface area contributed by atoms with Crippen LogP contribution < -0.4 is 16.0 Å². The van der Waals surface area contributed by atoms with Crippen molar-refractivity contribution in [2.45, 2.75) is 26.3 Å². The first-order valence-corrected chi connectivity index (χ1v) is 9.60. The van der Waals surface area contributed by atoms with Gasteiger partial charge in [-0.3, -0.25) is 14.4 Å². The van der Waals surface area contributed by atoms with Crippen molar-refractivity contribution in [2.75, 3.05) is 10.6 Å². The van der Waals surface area contributed by atoms with Crippen LogP contribution >= 0.6 is 0 Å². The fraction of sp³-hybridized carbons (Fsp3) is 0.174. The first kappa shape index (κ1) is 20.9. The predicted molar refractivity (Wildman–Crippen MR) is 114 cm³/mol. The molecule has 0 unspecified atom stereocenters. The van der Waals surface area contributed by atoms with E-state index in [-0.39, 0.29) is 17.2 Å². The number of carbonyl (C=O) groups excluding carboxylic acids is 3. The molecule has 0 aliphatic carbocycles. The van der Waals surface area contributed by atoms with Gasteiger partial charge in [0.05, 0.1) is 17.5 Å². The van der Waals surface area contributed by atoms with Crippen molar-refractivity contribution in [3.63, 3.8) is 0 Å². The molecule has 154 valence electrons. The summed E-state index contributed by atoms with van der Waals surface area (Å²) in [5.41, 5.74) is 2.31. The summed E-state index contributed by atoms with van der Waals surface area (Å²) in [4.78, 5) is 37.7. The minimum atomic E-state index is -0.729. The summed E-state index contributed by atoms with van der Waals surface area (Å²) in [7, 11) is 0. The molecule has 0 radical (unpaired) electrons. The van der Waals surface area contributed by atoms with E-state index in [1.54, 1.807) is 42.5 Å². The molecule has 3 aromatic rings. The van der Waals surface area contributed by atoms with E-state index in [1.807, 2.05) is 26.0 Å². The maximum atomic E-state index is 12.8. The molecule has 0 aliphatic rings. The van der Waals surface area contributed by atoms with Gasteiger partial charge in [-0.2, -0.15) is 0 Å². The second kappa shape index (κ2) is 9.56. The summed E-state index contributed by atoms with van der Waals surface area (Å²) in [6.07, 6.45) is 1.80. The number of furan rings is 1. The average Bonchev–Trinajstić information content (AvgIpc) is 3.29. The molecule has 0 bridgehead atoms. The van der Waals surface area contributed by atoms with Crippen molar-refractivity contribution in [3.05, 3.63) is 83.8 Å². The number of hydrogen-bond donors (Lipinski definition) is 3. The zero-order valence-corrected chi connectivity index (χ0v) is 16.8. The predicted octanol–water partition coefficient (Wildman–Crippen LogP) is 3.99. The van der Waals surface area contributed by atoms with Gasteiger partial charge in [0, 0.05) is 5.69 Å². The van der Waals surface area contributed by atoms with E-state index in [0.29, 0.717) is 17.8 Å². The van der Waals surface area contributed by atoms with E-state index in [0.717, 1.165) is 5.56 Å². The molecule has 0 spiro atoms. The fourth-order valence-corrected chi connectivity index (χ4v) is 2.84. The molecule has 7 nitrogen and oxygen atoms in total. The Morgan fingerprint density at radius 1 is 0.900 bits per heavy atom. The Morgan fingerprint density at radius 3 is 2.30 bits per heavy atom. The molecule has 1 atom stereocenters. The third-order valence-electron chi connectivity index (χ3n) is 4.51. The van der Waals surface area contributed by atoms with E-state index >= 15 is 0 Å². The van der Waals surface area contributed by atoms with Crippen LogP contribution in [0.25, 0.3) is 0 Å². The Morgan fingerprint density at radius 2 is 1.63 bits per heavy atom. The molecule has 7 heteroatoms. The fourth-order valence-electron chi connectivity index (χ4n) is 2.84. The van der Waals surface area contributed by atoms with Crippen LogP contribution in [0, 0.1) is 6.92 Å². The average molecular weight is 405 g/mol. The van der Waals surface area contributed by atoms with Crippen LogP contribution in [-0.2, 0) is 4.79 Å². The van der Waals surface area contributed by atoms with Gasteiger partial charge in [-0.15, -0.1) is 0 Å². The number of amides is 3. The molecule has 1 aromatic heterocycles. The molecule has 0 aliphatic heterocycles. The lowest BCUT2D eigenvalue weighted by Gasteiger charge is -2.18. The molecule has 3 rings (SSSR count). The van der Waals surface area contributed by atoms with Gasteiger partial charge in [-0.05, 0) is 49.7 Å². The van der Waals surface area contributed by atoms with Crippen LogP contribution in [0.1, 0.15) is 39.8 Å². The molecule has 2 aromatic carbocycles. The SMILES string of the molecule is CC[C@@H](NC(=O)c1ccccc1NC(=O)c1ccco1)C(=O)Nc1ccc(C)cc1. The number of aryl methyl sites for hydroxylation is 1. The molecule has 0 saturated carbocycles. The van der Waals surface area contributed by atoms with Crippen molar-refractivity contribution in [1.29, 1.82) is 0 Å². The maximum Gasteiger partial charge on any atom is 0.291 e. The molecule has 3 amide bonds. The highest BCUT2D eigenvalue weighted by atomic mass is 16.3. The quantitative estimate of drug-likeness (QED) is 0.553. The summed E-state index contributed by atoms with van der Waals surface area (Å²) in [5, 5.41) is 8.21. The highest BCUT2D eigenvalue weighted by Gasteiger charge is 2.22. The van der Waals surface area contributed by atoms with Crippen LogP contribution in [0.3, 0.4) is 0 Å². The lowest BCUT2D eigenvalue weighted by molar-refractivity contribution is -0.118. The topological polar surface area (TPSA) is 100 Å². The second-order valence-electron chi connectivity index (χ2n) is 6.77. The number of nitrogens with one attached hydrogen (secondary N) is 3. The Hall–Kier alpha value is -3.87. The van der Waals surface area contributed by atoms with Crippen molar-refractivity contribution in [1.82, 2.24) is 5.32 Å². The molecule has 0 saturated heterocycles. The van der Waals surface area contributed by atoms with Crippen LogP contribution in [0.15, 0.2) is 71.3 Å². The largest absolute Gasteiger partial charge is 0.459 e. The summed E-state index contributed by atoms with van der Waals surface area (Å²) >= 11 is 0. The Balaban J connectivity index is 1.70. The highest BCUT2D eigenvalue weighted by Crippen LogP contribution is 2.17. The number of hydrogen-bond acceptors (Lipinski definition) is 4. The van der Waals surface area contributed by atoms with Gasteiger partial charge in [0.2, 0.25) is 5.91 Å². The van der Waals surface area contributed by atoms with Gasteiger partial charge in [-0.25, -0.2) is 0 Å². The number of carbonyl (C=O) groups is 3. The minimum Gasteiger partial charge on any atom is -0.459 e. The summed E-state index contributed by atoms with van der Waals surface area (Å²) < 4.78 is 5.08. The van der Waals surface area contributed by atoms with Crippen molar-refractivity contribution in [2.24, 2.45) is 0 Å². The first-order chi connectivity index (χ1) is 14.5. The number of anilines is 2. The van der Waals surface area contributed by atoms with Gasteiger partial charge >= 0.3 is 0 Å². The number of para-hydroxylation sites is 1. The summed E-state index contributed by atoms with van der Waals surface area (Å²) in [5.74, 6) is -1.11. The molecule has 1 heterocycles. The van der Waals surface area contributed by atoms with E-state index in [1.165, 1.54) is 12.3 Å². The zero-order valence-electron chi connectivity index (χ0n) is 16.8. The zero-order chi connectivity index (χ0) is 21.5. The lowest BCUT2D eigenvalue weighted by Crippen LogP contribution is -2.43. The molecule has 0 fully saturated rings. The van der Waals surface area contributed by atoms with E-state index in [9.17, 15) is 14.4 Å². The van der Waals surface area contributed by atoms with E-state index in [2.05, 4.69) is 16.0 Å². The van der Waals surface area contributed by atoms with Crippen LogP contribution in [0.5, 0.6) is 0 Å². The van der Waals surface area contributed by atoms with Crippen molar-refractivity contribution < 1.29 is 18.8 Å². The van der Waals surface area contributed by atoms with Gasteiger partial charge in [0.1, 0.15) is 6.04 Å². The Bertz CT molecular complexity index is 1030. The molecule has 30 heavy (non-hydrogen) atoms. The Labute approximate surface area is 174 Å². The van der Waals surface area contributed by atoms with E-state index in [4.69, 9.17) is 4.42 Å². The Kier molecular flexibility index (Phi) is 6.64. The van der Waals surface area contributed by atoms with E-state index < -0.39 is 17.9 Å². The molecular formula is C23H23N3O4. The highest BCUT2D eigenvalue weighted by molar-refractivity contribution is 6.09. The van der Waals surface area contributed by atoms with Crippen molar-refractivity contribution in [3.8, 4) is 0 Å². The lowest BCUT2D eigenvalue weighted by atomic mass is 10.1. The third-order valence-corrected chi connectivity index (χ3v) is 4.51. The third kappa shape index (κ3) is 5.14. The van der Waals surface area contributed by atoms with Crippen LogP contribution in [-0.4, -0.2) is 23.8 Å². The second-order valence-corrected chi connectivity index (χ2v) is 6.77. The maximum absolute atomic E-state index is 12.8. The summed E-state index contributed by atoms with van der Waals surface area (Å²) in [6, 6.07) is 16.4. The van der Waals surface area contributed by atoms with Gasteiger partial charge in [-0.1, -0.05) is 36.8 Å². The van der Waals surface area contributed by atoms with Crippen LogP contribution in [0.2, 0.25) is 0 Å². The van der Waals surface area contributed by atoms with Gasteiger partial charge < -0.3 is 20.4 Å². The molecular weight excluding hydrogens is 382 g/mol. The minimum absolute atomic E-state index is 0.133. The smallest absolute Gasteiger partial charge is 0.291 e. The standard InChI is InChI=1S/C23H23N3O4/c1-3-18(22(28)24-16-12-10-15(2)11-13-16)25-21(27)17-7-4-5-8-19(17)26-23(29)20-9-6-14-30-20/h4-14,18H,3H2,1-2H3,(H,24,28)(H,25,27)(H,26,29)/t18-/m1/s1.